The van der Waals surface area contributed by atoms with Crippen LogP contribution in [0.1, 0.15) is 0 Å². The Morgan fingerprint density at radius 2 is 0.636 bits per heavy atom. The summed E-state index contributed by atoms with van der Waals surface area (Å²) in [7, 11) is 0. The van der Waals surface area contributed by atoms with Gasteiger partial charge in [-0.25, -0.2) is 15.0 Å². The van der Waals surface area contributed by atoms with Crippen molar-refractivity contribution in [2.45, 2.75) is 0 Å². The molecule has 0 unspecified atom stereocenters. The van der Waals surface area contributed by atoms with Crippen LogP contribution in [0.4, 0.5) is 34.1 Å². The van der Waals surface area contributed by atoms with E-state index in [2.05, 4.69) is 299 Å². The molecule has 13 aromatic carbocycles. The molecule has 2 aliphatic heterocycles. The lowest BCUT2D eigenvalue weighted by molar-refractivity contribution is 1.07. The molecule has 0 spiro atoms. The highest BCUT2D eigenvalue weighted by molar-refractivity contribution is 7.00. The van der Waals surface area contributed by atoms with Gasteiger partial charge < -0.3 is 14.4 Å². The van der Waals surface area contributed by atoms with Gasteiger partial charge in [-0.05, 0) is 135 Å². The molecule has 410 valence electrons. The molecule has 0 saturated heterocycles. The van der Waals surface area contributed by atoms with Crippen LogP contribution < -0.4 is 26.2 Å². The van der Waals surface area contributed by atoms with Crippen molar-refractivity contribution in [1.29, 1.82) is 0 Å². The first-order chi connectivity index (χ1) is 43.7. The normalized spacial score (nSPS) is 12.2. The smallest absolute Gasteiger partial charge is 0.252 e. The topological polar surface area (TPSA) is 50.1 Å². The molecule has 6 nitrogen and oxygen atoms in total. The molecule has 0 fully saturated rings. The van der Waals surface area contributed by atoms with Gasteiger partial charge in [0.15, 0.2) is 17.5 Å². The number of fused-ring (bicyclic) bond motifs is 7. The van der Waals surface area contributed by atoms with E-state index in [1.54, 1.807) is 0 Å². The van der Waals surface area contributed by atoms with Crippen molar-refractivity contribution in [3.63, 3.8) is 0 Å². The summed E-state index contributed by atoms with van der Waals surface area (Å²) in [6.07, 6.45) is 0. The molecule has 2 aliphatic rings. The van der Waals surface area contributed by atoms with E-state index < -0.39 is 0 Å². The predicted molar refractivity (Wildman–Crippen MR) is 366 cm³/mol. The largest absolute Gasteiger partial charge is 0.311 e. The summed E-state index contributed by atoms with van der Waals surface area (Å²) in [5.74, 6) is 1.82. The lowest BCUT2D eigenvalue weighted by atomic mass is 9.33. The quantitative estimate of drug-likeness (QED) is 0.128. The zero-order chi connectivity index (χ0) is 58.1. The third-order valence-electron chi connectivity index (χ3n) is 17.6. The van der Waals surface area contributed by atoms with Crippen molar-refractivity contribution >= 4 is 79.0 Å². The summed E-state index contributed by atoms with van der Waals surface area (Å²) in [5, 5.41) is 2.35. The molecule has 0 saturated carbocycles. The van der Waals surface area contributed by atoms with Crippen LogP contribution in [0.15, 0.2) is 322 Å². The van der Waals surface area contributed by atoms with Crippen LogP contribution >= 0.6 is 0 Å². The van der Waals surface area contributed by atoms with Gasteiger partial charge in [0, 0.05) is 67.0 Å². The van der Waals surface area contributed by atoms with E-state index in [0.717, 1.165) is 67.0 Å². The Bertz CT molecular complexity index is 4970. The van der Waals surface area contributed by atoms with Gasteiger partial charge in [-0.3, -0.25) is 0 Å². The second-order valence-corrected chi connectivity index (χ2v) is 22.7. The summed E-state index contributed by atoms with van der Waals surface area (Å²) in [5.41, 5.74) is 25.8. The minimum atomic E-state index is -0.0131. The first-order valence-electron chi connectivity index (χ1n) is 30.0. The van der Waals surface area contributed by atoms with Gasteiger partial charge in [-0.1, -0.05) is 237 Å². The van der Waals surface area contributed by atoms with Crippen molar-refractivity contribution in [2.75, 3.05) is 9.80 Å². The maximum absolute atomic E-state index is 5.27. The van der Waals surface area contributed by atoms with E-state index in [0.29, 0.717) is 17.5 Å². The molecule has 7 heteroatoms. The number of hydrogen-bond donors (Lipinski definition) is 0. The van der Waals surface area contributed by atoms with Gasteiger partial charge in [-0.2, -0.15) is 0 Å². The maximum Gasteiger partial charge on any atom is 0.252 e. The molecule has 0 aliphatic carbocycles. The zero-order valence-corrected chi connectivity index (χ0v) is 47.9. The molecule has 88 heavy (non-hydrogen) atoms. The van der Waals surface area contributed by atoms with Gasteiger partial charge in [0.2, 0.25) is 0 Å². The van der Waals surface area contributed by atoms with Crippen molar-refractivity contribution in [3.05, 3.63) is 322 Å². The molecule has 17 rings (SSSR count). The van der Waals surface area contributed by atoms with Crippen LogP contribution in [0, 0.1) is 0 Å². The van der Waals surface area contributed by atoms with Crippen molar-refractivity contribution < 1.29 is 0 Å². The Labute approximate surface area is 511 Å². The average Bonchev–Trinajstić information content (AvgIpc) is 1.13. The zero-order valence-electron chi connectivity index (χ0n) is 47.9. The first-order valence-corrected chi connectivity index (χ1v) is 30.0. The summed E-state index contributed by atoms with van der Waals surface area (Å²) in [6, 6.07) is 116. The third kappa shape index (κ3) is 8.54. The molecule has 15 aromatic rings. The molecule has 2 aromatic heterocycles. The number of para-hydroxylation sites is 4. The highest BCUT2D eigenvalue weighted by Crippen LogP contribution is 2.49. The molecule has 0 bridgehead atoms. The highest BCUT2D eigenvalue weighted by Gasteiger charge is 2.44. The van der Waals surface area contributed by atoms with Gasteiger partial charge in [-0.15, -0.1) is 0 Å². The number of nitrogens with zero attached hydrogens (tertiary/aromatic N) is 6. The molecule has 0 atom stereocenters. The number of hydrogen-bond acceptors (Lipinski definition) is 5. The summed E-state index contributed by atoms with van der Waals surface area (Å²) >= 11 is 0. The average molecular weight is 1120 g/mol. The summed E-state index contributed by atoms with van der Waals surface area (Å²) in [6.45, 7) is -0.0131. The van der Waals surface area contributed by atoms with Crippen LogP contribution in [-0.2, 0) is 0 Å². The Morgan fingerprint density at radius 1 is 0.250 bits per heavy atom. The SMILES string of the molecule is c1ccc(-c2ccc3c(c2)c2cc(-c4ccccc4)ccc2n3-c2ccc(-c3nc(-c4ccccc4)nc(-c4ccccc4)n3)cc2-c2ccc(-c3ccc4c5c3N(c3ccccc3)c3ccccc3B5c3ccccc3N4c3ccccc3)cc2)cc1. The molecule has 0 N–H and O–H groups in total. The monoisotopic (exact) mass is 1120 g/mol. The fourth-order valence-corrected chi connectivity index (χ4v) is 13.6. The first kappa shape index (κ1) is 50.8. The van der Waals surface area contributed by atoms with Crippen LogP contribution in [0.2, 0.25) is 0 Å². The fraction of sp³-hybridized carbons (Fsp3) is 0. The van der Waals surface area contributed by atoms with E-state index >= 15 is 0 Å². The van der Waals surface area contributed by atoms with Crippen molar-refractivity contribution in [2.24, 2.45) is 0 Å². The van der Waals surface area contributed by atoms with Crippen molar-refractivity contribution in [3.8, 4) is 84.4 Å². The Balaban J connectivity index is 0.894. The number of benzene rings is 13. The third-order valence-corrected chi connectivity index (χ3v) is 17.6. The fourth-order valence-electron chi connectivity index (χ4n) is 13.6. The summed E-state index contributed by atoms with van der Waals surface area (Å²) in [4.78, 5) is 20.6. The van der Waals surface area contributed by atoms with E-state index in [1.165, 1.54) is 72.2 Å². The molecular formula is C81H53BN6. The molecule has 4 heterocycles. The Hall–Kier alpha value is -11.7. The van der Waals surface area contributed by atoms with Crippen LogP contribution in [0.5, 0.6) is 0 Å². The maximum atomic E-state index is 5.27. The van der Waals surface area contributed by atoms with Gasteiger partial charge in [0.1, 0.15) is 0 Å². The lowest BCUT2D eigenvalue weighted by Crippen LogP contribution is -2.61. The van der Waals surface area contributed by atoms with Crippen molar-refractivity contribution in [1.82, 2.24) is 19.5 Å². The number of aromatic nitrogens is 4. The molecule has 0 amide bonds. The lowest BCUT2D eigenvalue weighted by Gasteiger charge is -2.45. The van der Waals surface area contributed by atoms with E-state index in [4.69, 9.17) is 15.0 Å². The molecule has 0 radical (unpaired) electrons. The predicted octanol–water partition coefficient (Wildman–Crippen LogP) is 18.7. The number of anilines is 6. The van der Waals surface area contributed by atoms with Gasteiger partial charge in [0.25, 0.3) is 6.71 Å². The molecular weight excluding hydrogens is 1070 g/mol. The summed E-state index contributed by atoms with van der Waals surface area (Å²) < 4.78 is 2.46. The Kier molecular flexibility index (Phi) is 12.2. The van der Waals surface area contributed by atoms with Crippen LogP contribution in [-0.4, -0.2) is 26.2 Å². The van der Waals surface area contributed by atoms with E-state index in [1.807, 2.05) is 36.4 Å². The van der Waals surface area contributed by atoms with Crippen LogP contribution in [0.3, 0.4) is 0 Å². The Morgan fingerprint density at radius 3 is 1.15 bits per heavy atom. The van der Waals surface area contributed by atoms with E-state index in [-0.39, 0.29) is 6.71 Å². The highest BCUT2D eigenvalue weighted by atomic mass is 15.2. The minimum absolute atomic E-state index is 0.0131. The van der Waals surface area contributed by atoms with Gasteiger partial charge in [0.05, 0.1) is 22.4 Å². The van der Waals surface area contributed by atoms with E-state index in [9.17, 15) is 0 Å². The second kappa shape index (κ2) is 21.1. The standard InChI is InChI=1S/C81H53BN6/c1-7-23-54(24-8-1)60-43-47-72-67(51-60)68-52-61(55-25-9-2-10-26-55)44-48-73(68)88(72)71-49-45-62(81-84-79(58-27-11-3-12-28-58)83-80(85-81)59-29-13-4-14-30-59)53-66(71)57-41-39-56(40-42-57)65-46-50-76-77-78(65)87(64-33-17-6-18-34-64)75-38-22-20-36-70(75)82(77)69-35-19-21-37-74(69)86(76)63-31-15-5-16-32-63/h1-53H. The van der Waals surface area contributed by atoms with Crippen LogP contribution in [0.25, 0.3) is 106 Å². The number of rotatable bonds is 10. The van der Waals surface area contributed by atoms with Gasteiger partial charge >= 0.3 is 0 Å². The second-order valence-electron chi connectivity index (χ2n) is 22.7. The minimum Gasteiger partial charge on any atom is -0.311 e.